The van der Waals surface area contributed by atoms with Gasteiger partial charge >= 0.3 is 11.9 Å². The number of hydrogen-bond acceptors (Lipinski definition) is 7. The van der Waals surface area contributed by atoms with E-state index < -0.39 is 11.9 Å². The smallest absolute Gasteiger partial charge is 0.328 e. The molecule has 9 heteroatoms. The van der Waals surface area contributed by atoms with E-state index in [0.29, 0.717) is 67.5 Å². The monoisotopic (exact) mass is 476 g/mol. The van der Waals surface area contributed by atoms with Crippen LogP contribution in [0.4, 0.5) is 0 Å². The van der Waals surface area contributed by atoms with Crippen molar-refractivity contribution >= 4 is 29.2 Å². The van der Waals surface area contributed by atoms with E-state index in [0.717, 1.165) is 44.2 Å². The molecule has 4 rings (SSSR count). The van der Waals surface area contributed by atoms with Crippen LogP contribution in [0.3, 0.4) is 0 Å². The van der Waals surface area contributed by atoms with Crippen molar-refractivity contribution in [3.63, 3.8) is 0 Å². The number of ketones is 2. The van der Waals surface area contributed by atoms with Crippen LogP contribution in [0.15, 0.2) is 17.3 Å². The summed E-state index contributed by atoms with van der Waals surface area (Å²) in [4.78, 5) is 50.0. The Kier molecular flexibility index (Phi) is 7.95. The van der Waals surface area contributed by atoms with Crippen LogP contribution in [0.5, 0.6) is 0 Å². The summed E-state index contributed by atoms with van der Waals surface area (Å²) in [7, 11) is 0. The van der Waals surface area contributed by atoms with Crippen LogP contribution >= 0.6 is 0 Å². The molecule has 0 aromatic heterocycles. The minimum Gasteiger partial charge on any atom is -0.478 e. The van der Waals surface area contributed by atoms with Gasteiger partial charge in [0.15, 0.2) is 0 Å². The second kappa shape index (κ2) is 10.4. The molecule has 4 aliphatic carbocycles. The molecule has 0 radical (unpaired) electrons. The average Bonchev–Trinajstić information content (AvgIpc) is 3.08. The van der Waals surface area contributed by atoms with Gasteiger partial charge in [-0.2, -0.15) is 0 Å². The van der Waals surface area contributed by atoms with Crippen molar-refractivity contribution in [3.05, 3.63) is 12.2 Å². The highest BCUT2D eigenvalue weighted by molar-refractivity contribution is 5.93. The molecule has 0 spiro atoms. The topological polar surface area (TPSA) is 156 Å². The maximum absolute atomic E-state index is 13.1. The first-order chi connectivity index (χ1) is 16.0. The second-order valence-corrected chi connectivity index (χ2v) is 10.5. The fourth-order valence-electron chi connectivity index (χ4n) is 7.04. The minimum absolute atomic E-state index is 0.0554. The van der Waals surface area contributed by atoms with Crippen molar-refractivity contribution in [2.75, 3.05) is 13.2 Å². The third-order valence-electron chi connectivity index (χ3n) is 8.78. The molecule has 0 heterocycles. The third kappa shape index (κ3) is 5.09. The SMILES string of the molecule is C[C@]12CC/C(=N/OCCN)C[C@@H]1C(=O)C[C@@H]1[C@@H]2CC[C@]2(C)C(=O)CC[C@@H]12.O=C(O)/C=C/C(=O)O. The van der Waals surface area contributed by atoms with Crippen molar-refractivity contribution in [1.82, 2.24) is 0 Å². The number of carbonyl (C=O) groups excluding carboxylic acids is 2. The Balaban J connectivity index is 0.000000350. The number of aliphatic carboxylic acids is 2. The Morgan fingerprint density at radius 1 is 1.06 bits per heavy atom. The molecule has 4 aliphatic rings. The summed E-state index contributed by atoms with van der Waals surface area (Å²) >= 11 is 0. The number of nitrogens with two attached hydrogens (primary N) is 1. The number of carboxylic acids is 2. The molecule has 0 aliphatic heterocycles. The minimum atomic E-state index is -1.26. The maximum Gasteiger partial charge on any atom is 0.328 e. The van der Waals surface area contributed by atoms with Gasteiger partial charge in [-0.1, -0.05) is 19.0 Å². The first-order valence-electron chi connectivity index (χ1n) is 12.1. The number of nitrogens with zero attached hydrogens (tertiary/aromatic N) is 1. The summed E-state index contributed by atoms with van der Waals surface area (Å²) in [6.45, 7) is 5.39. The molecule has 0 bridgehead atoms. The molecule has 34 heavy (non-hydrogen) atoms. The van der Waals surface area contributed by atoms with Gasteiger partial charge in [0.25, 0.3) is 0 Å². The van der Waals surface area contributed by atoms with E-state index in [1.165, 1.54) is 0 Å². The highest BCUT2D eigenvalue weighted by Gasteiger charge is 2.62. The zero-order valence-electron chi connectivity index (χ0n) is 20.0. The molecular weight excluding hydrogens is 440 g/mol. The van der Waals surface area contributed by atoms with E-state index in [1.54, 1.807) is 0 Å². The zero-order valence-corrected chi connectivity index (χ0v) is 20.0. The predicted molar refractivity (Wildman–Crippen MR) is 124 cm³/mol. The molecule has 0 aromatic carbocycles. The van der Waals surface area contributed by atoms with Crippen LogP contribution < -0.4 is 5.73 Å². The molecule has 188 valence electrons. The van der Waals surface area contributed by atoms with Gasteiger partial charge in [-0.25, -0.2) is 9.59 Å². The fraction of sp³-hybridized carbons (Fsp3) is 0.720. The third-order valence-corrected chi connectivity index (χ3v) is 8.78. The molecular formula is C25H36N2O7. The van der Waals surface area contributed by atoms with Gasteiger partial charge in [0.1, 0.15) is 18.2 Å². The number of carbonyl (C=O) groups is 4. The van der Waals surface area contributed by atoms with E-state index in [2.05, 4.69) is 19.0 Å². The molecule has 0 unspecified atom stereocenters. The summed E-state index contributed by atoms with van der Waals surface area (Å²) in [6.07, 6.45) is 8.25. The van der Waals surface area contributed by atoms with Crippen LogP contribution in [0, 0.1) is 34.5 Å². The summed E-state index contributed by atoms with van der Waals surface area (Å²) in [6, 6.07) is 0. The number of oxime groups is 1. The van der Waals surface area contributed by atoms with Gasteiger partial charge in [-0.3, -0.25) is 9.59 Å². The molecule has 6 atom stereocenters. The lowest BCUT2D eigenvalue weighted by Crippen LogP contribution is -2.56. The molecule has 9 nitrogen and oxygen atoms in total. The molecule has 4 saturated carbocycles. The van der Waals surface area contributed by atoms with Crippen molar-refractivity contribution in [3.8, 4) is 0 Å². The van der Waals surface area contributed by atoms with E-state index in [4.69, 9.17) is 20.8 Å². The summed E-state index contributed by atoms with van der Waals surface area (Å²) in [5.74, 6) is -0.224. The first-order valence-corrected chi connectivity index (χ1v) is 12.1. The van der Waals surface area contributed by atoms with Gasteiger partial charge in [-0.15, -0.1) is 0 Å². The fourth-order valence-corrected chi connectivity index (χ4v) is 7.04. The standard InChI is InChI=1S/C21H32N2O3.C4H4O4/c1-20-7-5-13(23-26-10-9-22)11-17(20)18(24)12-14-15-3-4-19(25)21(15,2)8-6-16(14)20;5-3(6)1-2-4(7)8/h14-17H,3-12,22H2,1-2H3;1-2H,(H,5,6)(H,7,8)/b23-13-;2-1+/t14-,15-,16-,17+,20+,21-;/m0./s1. The molecule has 0 amide bonds. The van der Waals surface area contributed by atoms with Crippen LogP contribution in [0.1, 0.15) is 65.2 Å². The molecule has 4 fully saturated rings. The Hall–Kier alpha value is -2.55. The molecule has 0 aromatic rings. The van der Waals surface area contributed by atoms with Crippen molar-refractivity contribution < 1.29 is 34.2 Å². The number of carboxylic acid groups (broad SMARTS) is 2. The van der Waals surface area contributed by atoms with Gasteiger partial charge in [0.2, 0.25) is 0 Å². The lowest BCUT2D eigenvalue weighted by atomic mass is 9.45. The number of Topliss-reactive ketones (excluding diaryl/α,β-unsaturated/α-hetero) is 2. The quantitative estimate of drug-likeness (QED) is 0.311. The lowest BCUT2D eigenvalue weighted by Gasteiger charge is -2.58. The van der Waals surface area contributed by atoms with Crippen LogP contribution in [-0.4, -0.2) is 52.6 Å². The first kappa shape index (κ1) is 26.1. The summed E-state index contributed by atoms with van der Waals surface area (Å²) in [5.41, 5.74) is 6.37. The zero-order chi connectivity index (χ0) is 25.1. The van der Waals surface area contributed by atoms with E-state index in [-0.39, 0.29) is 16.7 Å². The normalized spacial score (nSPS) is 37.9. The predicted octanol–water partition coefficient (Wildman–Crippen LogP) is 2.82. The Morgan fingerprint density at radius 3 is 2.35 bits per heavy atom. The van der Waals surface area contributed by atoms with Gasteiger partial charge in [0.05, 0.1) is 5.71 Å². The van der Waals surface area contributed by atoms with Crippen LogP contribution in [0.2, 0.25) is 0 Å². The van der Waals surface area contributed by atoms with Gasteiger partial charge in [-0.05, 0) is 61.7 Å². The van der Waals surface area contributed by atoms with Crippen molar-refractivity contribution in [2.24, 2.45) is 45.4 Å². The number of fused-ring (bicyclic) bond motifs is 5. The maximum atomic E-state index is 13.1. The highest BCUT2D eigenvalue weighted by Crippen LogP contribution is 2.64. The Morgan fingerprint density at radius 2 is 1.74 bits per heavy atom. The Labute approximate surface area is 199 Å². The lowest BCUT2D eigenvalue weighted by molar-refractivity contribution is -0.152. The average molecular weight is 477 g/mol. The van der Waals surface area contributed by atoms with E-state index in [9.17, 15) is 19.2 Å². The second-order valence-electron chi connectivity index (χ2n) is 10.5. The van der Waals surface area contributed by atoms with Crippen LogP contribution in [0.25, 0.3) is 0 Å². The van der Waals surface area contributed by atoms with Gasteiger partial charge in [0, 0.05) is 42.9 Å². The van der Waals surface area contributed by atoms with Gasteiger partial charge < -0.3 is 20.8 Å². The largest absolute Gasteiger partial charge is 0.478 e. The van der Waals surface area contributed by atoms with Crippen molar-refractivity contribution in [1.29, 1.82) is 0 Å². The van der Waals surface area contributed by atoms with Crippen LogP contribution in [-0.2, 0) is 24.0 Å². The molecule has 0 saturated heterocycles. The number of rotatable bonds is 5. The van der Waals surface area contributed by atoms with Crippen molar-refractivity contribution in [2.45, 2.75) is 65.2 Å². The summed E-state index contributed by atoms with van der Waals surface area (Å²) < 4.78 is 0. The summed E-state index contributed by atoms with van der Waals surface area (Å²) in [5, 5.41) is 19.9. The number of hydrogen-bond donors (Lipinski definition) is 3. The van der Waals surface area contributed by atoms with E-state index in [1.807, 2.05) is 0 Å². The molecule has 4 N–H and O–H groups in total. The highest BCUT2D eigenvalue weighted by atomic mass is 16.6. The Bertz CT molecular complexity index is 882. The van der Waals surface area contributed by atoms with E-state index >= 15 is 0 Å².